The Labute approximate surface area is 152 Å². The Hall–Kier alpha value is -2.87. The van der Waals surface area contributed by atoms with Crippen LogP contribution in [0.4, 0.5) is 5.69 Å². The first-order valence-corrected chi connectivity index (χ1v) is 9.45. The molecule has 7 nitrogen and oxygen atoms in total. The molecule has 0 radical (unpaired) electrons. The van der Waals surface area contributed by atoms with Gasteiger partial charge in [0.2, 0.25) is 10.0 Å². The lowest BCUT2D eigenvalue weighted by molar-refractivity contribution is 0.0601. The smallest absolute Gasteiger partial charge is 0.340 e. The lowest BCUT2D eigenvalue weighted by atomic mass is 10.1. The first-order chi connectivity index (χ1) is 12.3. The second kappa shape index (κ2) is 8.01. The number of carbonyl (C=O) groups is 2. The predicted octanol–water partition coefficient (Wildman–Crippen LogP) is 2.13. The quantitative estimate of drug-likeness (QED) is 0.542. The molecular weight excluding hydrogens is 358 g/mol. The Morgan fingerprint density at radius 1 is 1.00 bits per heavy atom. The van der Waals surface area contributed by atoms with Crippen molar-refractivity contribution in [3.05, 3.63) is 59.7 Å². The SMILES string of the molecule is COC(=O)c1ccccc1N(CC(=O)c1ccc(OC)cc1)S(C)(=O)=O. The van der Waals surface area contributed by atoms with E-state index in [-0.39, 0.29) is 11.3 Å². The van der Waals surface area contributed by atoms with Gasteiger partial charge in [0.15, 0.2) is 5.78 Å². The highest BCUT2D eigenvalue weighted by Gasteiger charge is 2.26. The number of rotatable bonds is 7. The number of nitrogens with zero attached hydrogens (tertiary/aromatic N) is 1. The maximum Gasteiger partial charge on any atom is 0.340 e. The molecule has 8 heteroatoms. The maximum absolute atomic E-state index is 12.6. The fourth-order valence-corrected chi connectivity index (χ4v) is 3.22. The number of hydrogen-bond donors (Lipinski definition) is 0. The predicted molar refractivity (Wildman–Crippen MR) is 97.3 cm³/mol. The Bertz CT molecular complexity index is 906. The third kappa shape index (κ3) is 4.40. The molecule has 0 atom stereocenters. The highest BCUT2D eigenvalue weighted by Crippen LogP contribution is 2.24. The third-order valence-electron chi connectivity index (χ3n) is 3.68. The summed E-state index contributed by atoms with van der Waals surface area (Å²) in [5, 5.41) is 0. The lowest BCUT2D eigenvalue weighted by Crippen LogP contribution is -2.36. The van der Waals surface area contributed by atoms with E-state index < -0.39 is 28.3 Å². The number of Topliss-reactive ketones (excluding diaryl/α,β-unsaturated/α-hetero) is 1. The molecular formula is C18H19NO6S. The molecule has 0 aliphatic carbocycles. The molecule has 0 saturated carbocycles. The summed E-state index contributed by atoms with van der Waals surface area (Å²) in [4.78, 5) is 24.5. The molecule has 0 amide bonds. The van der Waals surface area contributed by atoms with Crippen molar-refractivity contribution in [3.8, 4) is 5.75 Å². The number of carbonyl (C=O) groups excluding carboxylic acids is 2. The van der Waals surface area contributed by atoms with Gasteiger partial charge in [0.25, 0.3) is 0 Å². The van der Waals surface area contributed by atoms with E-state index in [0.29, 0.717) is 11.3 Å². The molecule has 0 aliphatic rings. The van der Waals surface area contributed by atoms with Crippen molar-refractivity contribution in [3.63, 3.8) is 0 Å². The van der Waals surface area contributed by atoms with Crippen molar-refractivity contribution in [2.24, 2.45) is 0 Å². The average molecular weight is 377 g/mol. The molecule has 0 unspecified atom stereocenters. The average Bonchev–Trinajstić information content (AvgIpc) is 2.64. The number of methoxy groups -OCH3 is 2. The second-order valence-corrected chi connectivity index (χ2v) is 7.34. The molecule has 2 rings (SSSR count). The molecule has 0 saturated heterocycles. The van der Waals surface area contributed by atoms with Crippen LogP contribution < -0.4 is 9.04 Å². The Morgan fingerprint density at radius 3 is 2.15 bits per heavy atom. The van der Waals surface area contributed by atoms with Crippen molar-refractivity contribution < 1.29 is 27.5 Å². The number of para-hydroxylation sites is 1. The summed E-state index contributed by atoms with van der Waals surface area (Å²) in [7, 11) is -1.11. The van der Waals surface area contributed by atoms with Gasteiger partial charge in [-0.15, -0.1) is 0 Å². The molecule has 2 aromatic carbocycles. The summed E-state index contributed by atoms with van der Waals surface area (Å²) in [5.74, 6) is -0.526. The van der Waals surface area contributed by atoms with Gasteiger partial charge in [0, 0.05) is 5.56 Å². The Morgan fingerprint density at radius 2 is 1.62 bits per heavy atom. The van der Waals surface area contributed by atoms with E-state index in [1.165, 1.54) is 26.4 Å². The van der Waals surface area contributed by atoms with Crippen molar-refractivity contribution >= 4 is 27.5 Å². The molecule has 0 aromatic heterocycles. The van der Waals surface area contributed by atoms with E-state index in [1.54, 1.807) is 36.4 Å². The summed E-state index contributed by atoms with van der Waals surface area (Å²) in [6.07, 6.45) is 0.975. The highest BCUT2D eigenvalue weighted by atomic mass is 32.2. The first kappa shape index (κ1) is 19.5. The molecule has 2 aromatic rings. The van der Waals surface area contributed by atoms with E-state index in [1.807, 2.05) is 0 Å². The van der Waals surface area contributed by atoms with Gasteiger partial charge in [-0.3, -0.25) is 9.10 Å². The monoisotopic (exact) mass is 377 g/mol. The zero-order chi connectivity index (χ0) is 19.3. The molecule has 0 aliphatic heterocycles. The number of benzene rings is 2. The van der Waals surface area contributed by atoms with Gasteiger partial charge in [-0.25, -0.2) is 13.2 Å². The zero-order valence-corrected chi connectivity index (χ0v) is 15.4. The van der Waals surface area contributed by atoms with Crippen molar-refractivity contribution in [1.29, 1.82) is 0 Å². The number of anilines is 1. The van der Waals surface area contributed by atoms with Crippen LogP contribution in [0.25, 0.3) is 0 Å². The molecule has 138 valence electrons. The largest absolute Gasteiger partial charge is 0.497 e. The summed E-state index contributed by atoms with van der Waals surface area (Å²) in [5.41, 5.74) is 0.474. The van der Waals surface area contributed by atoms with E-state index in [4.69, 9.17) is 9.47 Å². The van der Waals surface area contributed by atoms with Crippen molar-refractivity contribution in [2.45, 2.75) is 0 Å². The van der Waals surface area contributed by atoms with Gasteiger partial charge < -0.3 is 9.47 Å². The molecule has 26 heavy (non-hydrogen) atoms. The van der Waals surface area contributed by atoms with Crippen LogP contribution in [0.15, 0.2) is 48.5 Å². The van der Waals surface area contributed by atoms with Crippen LogP contribution in [0, 0.1) is 0 Å². The normalized spacial score (nSPS) is 10.9. The van der Waals surface area contributed by atoms with E-state index in [2.05, 4.69) is 0 Å². The number of ketones is 1. The molecule has 0 bridgehead atoms. The van der Waals surface area contributed by atoms with Gasteiger partial charge in [-0.2, -0.15) is 0 Å². The molecule has 0 N–H and O–H groups in total. The number of sulfonamides is 1. The summed E-state index contributed by atoms with van der Waals surface area (Å²) in [6.45, 7) is -0.445. The van der Waals surface area contributed by atoms with Gasteiger partial charge in [0.1, 0.15) is 5.75 Å². The van der Waals surface area contributed by atoms with Crippen LogP contribution in [0.1, 0.15) is 20.7 Å². The van der Waals surface area contributed by atoms with Crippen LogP contribution in [-0.2, 0) is 14.8 Å². The van der Waals surface area contributed by atoms with E-state index in [0.717, 1.165) is 10.6 Å². The van der Waals surface area contributed by atoms with Crippen LogP contribution >= 0.6 is 0 Å². The third-order valence-corrected chi connectivity index (χ3v) is 4.80. The van der Waals surface area contributed by atoms with Crippen LogP contribution in [0.5, 0.6) is 5.75 Å². The fraction of sp³-hybridized carbons (Fsp3) is 0.222. The minimum atomic E-state index is -3.82. The topological polar surface area (TPSA) is 90.0 Å². The van der Waals surface area contributed by atoms with E-state index in [9.17, 15) is 18.0 Å². The van der Waals surface area contributed by atoms with Gasteiger partial charge in [-0.1, -0.05) is 12.1 Å². The molecule has 0 heterocycles. The van der Waals surface area contributed by atoms with Crippen LogP contribution in [0.2, 0.25) is 0 Å². The fourth-order valence-electron chi connectivity index (χ4n) is 2.35. The number of ether oxygens (including phenoxy) is 2. The van der Waals surface area contributed by atoms with Crippen LogP contribution in [-0.4, -0.2) is 47.2 Å². The summed E-state index contributed by atoms with van der Waals surface area (Å²) in [6, 6.07) is 12.4. The number of hydrogen-bond acceptors (Lipinski definition) is 6. The first-order valence-electron chi connectivity index (χ1n) is 7.60. The van der Waals surface area contributed by atoms with Gasteiger partial charge >= 0.3 is 5.97 Å². The maximum atomic E-state index is 12.6. The molecule has 0 fully saturated rings. The minimum Gasteiger partial charge on any atom is -0.497 e. The van der Waals surface area contributed by atoms with E-state index >= 15 is 0 Å². The minimum absolute atomic E-state index is 0.0583. The van der Waals surface area contributed by atoms with Crippen molar-refractivity contribution in [2.75, 3.05) is 31.3 Å². The van der Waals surface area contributed by atoms with Gasteiger partial charge in [0.05, 0.1) is 38.3 Å². The Balaban J connectivity index is 2.41. The van der Waals surface area contributed by atoms with Gasteiger partial charge in [-0.05, 0) is 36.4 Å². The number of esters is 1. The standard InChI is InChI=1S/C18H19NO6S/c1-24-14-10-8-13(9-11-14)17(20)12-19(26(3,22)23)16-7-5-4-6-15(16)18(21)25-2/h4-11H,12H2,1-3H3. The lowest BCUT2D eigenvalue weighted by Gasteiger charge is -2.23. The van der Waals surface area contributed by atoms with Crippen molar-refractivity contribution in [1.82, 2.24) is 0 Å². The Kier molecular flexibility index (Phi) is 5.99. The zero-order valence-electron chi connectivity index (χ0n) is 14.6. The highest BCUT2D eigenvalue weighted by molar-refractivity contribution is 7.92. The van der Waals surface area contributed by atoms with Crippen LogP contribution in [0.3, 0.4) is 0 Å². The summed E-state index contributed by atoms with van der Waals surface area (Å²) >= 11 is 0. The second-order valence-electron chi connectivity index (χ2n) is 5.43. The summed E-state index contributed by atoms with van der Waals surface area (Å²) < 4.78 is 35.2. The molecule has 0 spiro atoms.